The van der Waals surface area contributed by atoms with Gasteiger partial charge in [-0.1, -0.05) is 6.92 Å². The number of carbonyl (C=O) groups excluding carboxylic acids is 1. The molecule has 0 radical (unpaired) electrons. The Balaban J connectivity index is 4.03. The van der Waals surface area contributed by atoms with Gasteiger partial charge in [-0.15, -0.1) is 0 Å². The van der Waals surface area contributed by atoms with E-state index in [-0.39, 0.29) is 13.0 Å². The van der Waals surface area contributed by atoms with Crippen molar-refractivity contribution >= 4 is 5.97 Å². The molecule has 0 aliphatic rings. The van der Waals surface area contributed by atoms with E-state index in [2.05, 4.69) is 4.74 Å². The molecule has 0 fully saturated rings. The lowest BCUT2D eigenvalue weighted by Gasteiger charge is -2.04. The van der Waals surface area contributed by atoms with E-state index in [1.54, 1.807) is 13.8 Å². The zero-order valence-electron chi connectivity index (χ0n) is 6.57. The van der Waals surface area contributed by atoms with Crippen LogP contribution in [0.1, 0.15) is 20.3 Å². The SMILES string of the molecule is CCOC(=O)[C@@H](CC)[N+](=O)[O-]. The minimum atomic E-state index is -1.20. The van der Waals surface area contributed by atoms with E-state index >= 15 is 0 Å². The fourth-order valence-electron chi connectivity index (χ4n) is 0.640. The molecule has 1 atom stereocenters. The molecule has 5 heteroatoms. The maximum absolute atomic E-state index is 10.8. The molecule has 0 aromatic rings. The van der Waals surface area contributed by atoms with Gasteiger partial charge in [-0.25, -0.2) is 4.79 Å². The van der Waals surface area contributed by atoms with Crippen molar-refractivity contribution in [1.82, 2.24) is 0 Å². The van der Waals surface area contributed by atoms with Gasteiger partial charge in [0.15, 0.2) is 0 Å². The number of nitrogens with zero attached hydrogens (tertiary/aromatic N) is 1. The molecule has 0 amide bonds. The lowest BCUT2D eigenvalue weighted by molar-refractivity contribution is -0.510. The highest BCUT2D eigenvalue weighted by Gasteiger charge is 2.28. The summed E-state index contributed by atoms with van der Waals surface area (Å²) in [5.74, 6) is -0.750. The van der Waals surface area contributed by atoms with Gasteiger partial charge in [0.05, 0.1) is 6.61 Å². The van der Waals surface area contributed by atoms with Crippen molar-refractivity contribution in [3.05, 3.63) is 10.1 Å². The molecule has 64 valence electrons. The smallest absolute Gasteiger partial charge is 0.381 e. The van der Waals surface area contributed by atoms with Gasteiger partial charge < -0.3 is 4.74 Å². The standard InChI is InChI=1S/C6H11NO4/c1-3-5(7(9)10)6(8)11-4-2/h5H,3-4H2,1-2H3/t5-/m1/s1. The van der Waals surface area contributed by atoms with Crippen LogP contribution in [0.2, 0.25) is 0 Å². The monoisotopic (exact) mass is 161 g/mol. The van der Waals surface area contributed by atoms with Crippen LogP contribution in [-0.4, -0.2) is 23.5 Å². The van der Waals surface area contributed by atoms with Crippen LogP contribution in [0.25, 0.3) is 0 Å². The first kappa shape index (κ1) is 9.87. The number of nitro groups is 1. The summed E-state index contributed by atoms with van der Waals surface area (Å²) in [5.41, 5.74) is 0. The largest absolute Gasteiger partial charge is 0.461 e. The Hall–Kier alpha value is -1.13. The van der Waals surface area contributed by atoms with Gasteiger partial charge in [0.2, 0.25) is 0 Å². The molecule has 0 saturated carbocycles. The first-order chi connectivity index (χ1) is 5.13. The van der Waals surface area contributed by atoms with Crippen LogP contribution in [0.15, 0.2) is 0 Å². The van der Waals surface area contributed by atoms with Crippen molar-refractivity contribution in [2.75, 3.05) is 6.61 Å². The van der Waals surface area contributed by atoms with E-state index in [0.29, 0.717) is 0 Å². The normalized spacial score (nSPS) is 12.2. The van der Waals surface area contributed by atoms with Gasteiger partial charge in [0, 0.05) is 11.3 Å². The molecule has 0 aromatic carbocycles. The van der Waals surface area contributed by atoms with E-state index in [1.165, 1.54) is 0 Å². The van der Waals surface area contributed by atoms with Crippen LogP contribution < -0.4 is 0 Å². The number of ether oxygens (including phenoxy) is 1. The summed E-state index contributed by atoms with van der Waals surface area (Å²) < 4.78 is 4.48. The van der Waals surface area contributed by atoms with Crippen LogP contribution in [0.3, 0.4) is 0 Å². The Kier molecular flexibility index (Phi) is 4.17. The number of carbonyl (C=O) groups is 1. The first-order valence-electron chi connectivity index (χ1n) is 3.43. The molecule has 0 saturated heterocycles. The van der Waals surface area contributed by atoms with Crippen molar-refractivity contribution < 1.29 is 14.5 Å². The maximum atomic E-state index is 10.8. The second-order valence-electron chi connectivity index (χ2n) is 1.96. The number of hydrogen-bond acceptors (Lipinski definition) is 4. The molecule has 0 aromatic heterocycles. The average molecular weight is 161 g/mol. The lowest BCUT2D eigenvalue weighted by atomic mass is 10.2. The Labute approximate surface area is 64.5 Å². The minimum Gasteiger partial charge on any atom is -0.461 e. The summed E-state index contributed by atoms with van der Waals surface area (Å²) >= 11 is 0. The van der Waals surface area contributed by atoms with Gasteiger partial charge in [-0.05, 0) is 6.92 Å². The zero-order valence-corrected chi connectivity index (χ0v) is 6.57. The second-order valence-corrected chi connectivity index (χ2v) is 1.96. The van der Waals surface area contributed by atoms with E-state index in [0.717, 1.165) is 0 Å². The van der Waals surface area contributed by atoms with Crippen molar-refractivity contribution in [3.63, 3.8) is 0 Å². The Morgan fingerprint density at radius 2 is 2.18 bits per heavy atom. The highest BCUT2D eigenvalue weighted by molar-refractivity contribution is 5.74. The maximum Gasteiger partial charge on any atom is 0.381 e. The van der Waals surface area contributed by atoms with E-state index in [9.17, 15) is 14.9 Å². The summed E-state index contributed by atoms with van der Waals surface area (Å²) in [6.45, 7) is 3.37. The third-order valence-electron chi connectivity index (χ3n) is 1.20. The van der Waals surface area contributed by atoms with Crippen LogP contribution in [-0.2, 0) is 9.53 Å². The second kappa shape index (κ2) is 4.65. The fraction of sp³-hybridized carbons (Fsp3) is 0.833. The van der Waals surface area contributed by atoms with Crippen molar-refractivity contribution in [2.45, 2.75) is 26.3 Å². The molecular formula is C6H11NO4. The summed E-state index contributed by atoms with van der Waals surface area (Å²) in [5, 5.41) is 10.2. The molecule has 11 heavy (non-hydrogen) atoms. The van der Waals surface area contributed by atoms with Gasteiger partial charge in [0.25, 0.3) is 0 Å². The fourth-order valence-corrected chi connectivity index (χ4v) is 0.640. The first-order valence-corrected chi connectivity index (χ1v) is 3.43. The molecule has 0 heterocycles. The van der Waals surface area contributed by atoms with Gasteiger partial charge in [0.1, 0.15) is 0 Å². The summed E-state index contributed by atoms with van der Waals surface area (Å²) in [4.78, 5) is 20.3. The van der Waals surface area contributed by atoms with Crippen molar-refractivity contribution in [3.8, 4) is 0 Å². The van der Waals surface area contributed by atoms with Gasteiger partial charge in [-0.2, -0.15) is 0 Å². The minimum absolute atomic E-state index is 0.172. The van der Waals surface area contributed by atoms with Gasteiger partial charge >= 0.3 is 12.0 Å². The number of esters is 1. The Morgan fingerprint density at radius 3 is 2.45 bits per heavy atom. The zero-order chi connectivity index (χ0) is 8.85. The van der Waals surface area contributed by atoms with Crippen LogP contribution in [0.5, 0.6) is 0 Å². The molecular weight excluding hydrogens is 150 g/mol. The summed E-state index contributed by atoms with van der Waals surface area (Å²) in [6.07, 6.45) is 0.172. The predicted molar refractivity (Wildman–Crippen MR) is 37.7 cm³/mol. The summed E-state index contributed by atoms with van der Waals surface area (Å²) in [7, 11) is 0. The highest BCUT2D eigenvalue weighted by atomic mass is 16.6. The van der Waals surface area contributed by atoms with Crippen LogP contribution >= 0.6 is 0 Å². The molecule has 0 aliphatic heterocycles. The quantitative estimate of drug-likeness (QED) is 0.344. The topological polar surface area (TPSA) is 69.4 Å². The van der Waals surface area contributed by atoms with Crippen molar-refractivity contribution in [1.29, 1.82) is 0 Å². The molecule has 0 spiro atoms. The number of hydrogen-bond donors (Lipinski definition) is 0. The molecule has 0 unspecified atom stereocenters. The highest BCUT2D eigenvalue weighted by Crippen LogP contribution is 1.98. The van der Waals surface area contributed by atoms with Gasteiger partial charge in [-0.3, -0.25) is 10.1 Å². The molecule has 0 N–H and O–H groups in total. The van der Waals surface area contributed by atoms with Crippen LogP contribution in [0, 0.1) is 10.1 Å². The van der Waals surface area contributed by atoms with E-state index in [1.807, 2.05) is 0 Å². The summed E-state index contributed by atoms with van der Waals surface area (Å²) in [6, 6.07) is -1.20. The third-order valence-corrected chi connectivity index (χ3v) is 1.20. The molecule has 0 aliphatic carbocycles. The Bertz CT molecular complexity index is 157. The molecule has 0 bridgehead atoms. The van der Waals surface area contributed by atoms with E-state index < -0.39 is 16.9 Å². The lowest BCUT2D eigenvalue weighted by Crippen LogP contribution is -2.30. The van der Waals surface area contributed by atoms with Crippen LogP contribution in [0.4, 0.5) is 0 Å². The van der Waals surface area contributed by atoms with Crippen molar-refractivity contribution in [2.24, 2.45) is 0 Å². The predicted octanol–water partition coefficient (Wildman–Crippen LogP) is 0.605. The molecule has 0 rings (SSSR count). The number of rotatable bonds is 4. The van der Waals surface area contributed by atoms with E-state index in [4.69, 9.17) is 0 Å². The Morgan fingerprint density at radius 1 is 1.64 bits per heavy atom. The average Bonchev–Trinajstić information content (AvgIpc) is 1.88. The third kappa shape index (κ3) is 2.97. The molecule has 5 nitrogen and oxygen atoms in total.